The number of sulfonamides is 1. The van der Waals surface area contributed by atoms with Crippen LogP contribution >= 0.6 is 11.6 Å². The molecule has 0 saturated heterocycles. The molecule has 0 aromatic heterocycles. The first-order chi connectivity index (χ1) is 22.3. The van der Waals surface area contributed by atoms with E-state index in [4.69, 9.17) is 16.3 Å². The van der Waals surface area contributed by atoms with Gasteiger partial charge in [0.1, 0.15) is 18.3 Å². The van der Waals surface area contributed by atoms with Gasteiger partial charge in [0.15, 0.2) is 0 Å². The van der Waals surface area contributed by atoms with Crippen LogP contribution in [0.15, 0.2) is 114 Å². The summed E-state index contributed by atoms with van der Waals surface area (Å²) < 4.78 is 35.0. The number of amides is 2. The zero-order chi connectivity index (χ0) is 32.5. The summed E-state index contributed by atoms with van der Waals surface area (Å²) in [6.45, 7) is -0.580. The normalized spacial score (nSPS) is 14.0. The highest BCUT2D eigenvalue weighted by Crippen LogP contribution is 2.33. The number of anilines is 1. The Morgan fingerprint density at radius 2 is 1.48 bits per heavy atom. The fraction of sp³-hybridized carbons (Fsp3) is 0.278. The third-order valence-corrected chi connectivity index (χ3v) is 10.4. The number of halogens is 1. The Hall–Kier alpha value is -4.34. The highest BCUT2D eigenvalue weighted by Gasteiger charge is 2.36. The molecule has 1 atom stereocenters. The summed E-state index contributed by atoms with van der Waals surface area (Å²) in [6.07, 6.45) is 4.04. The molecule has 4 aromatic rings. The van der Waals surface area contributed by atoms with Gasteiger partial charge in [-0.3, -0.25) is 13.9 Å². The first-order valence-electron chi connectivity index (χ1n) is 15.4. The van der Waals surface area contributed by atoms with E-state index in [1.54, 1.807) is 60.7 Å². The molecule has 1 N–H and O–H groups in total. The number of para-hydroxylation sites is 2. The number of nitrogens with one attached hydrogen (secondary N) is 1. The van der Waals surface area contributed by atoms with Gasteiger partial charge in [-0.25, -0.2) is 8.42 Å². The van der Waals surface area contributed by atoms with E-state index in [9.17, 15) is 18.0 Å². The molecule has 1 aliphatic carbocycles. The van der Waals surface area contributed by atoms with Crippen molar-refractivity contribution in [3.05, 3.63) is 125 Å². The number of hydrogen-bond acceptors (Lipinski definition) is 5. The topological polar surface area (TPSA) is 96.0 Å². The molecule has 8 nitrogen and oxygen atoms in total. The van der Waals surface area contributed by atoms with E-state index in [1.165, 1.54) is 24.1 Å². The molecule has 1 saturated carbocycles. The molecule has 0 unspecified atom stereocenters. The quantitative estimate of drug-likeness (QED) is 0.183. The fourth-order valence-electron chi connectivity index (χ4n) is 5.80. The molecule has 1 fully saturated rings. The first kappa shape index (κ1) is 33.0. The molecule has 4 aromatic carbocycles. The summed E-state index contributed by atoms with van der Waals surface area (Å²) in [7, 11) is -2.80. The smallest absolute Gasteiger partial charge is 0.264 e. The van der Waals surface area contributed by atoms with Crippen molar-refractivity contribution in [2.45, 2.75) is 55.6 Å². The average Bonchev–Trinajstić information content (AvgIpc) is 3.59. The lowest BCUT2D eigenvalue weighted by Crippen LogP contribution is -2.54. The highest BCUT2D eigenvalue weighted by atomic mass is 35.5. The minimum absolute atomic E-state index is 0.000751. The van der Waals surface area contributed by atoms with E-state index < -0.39 is 28.5 Å². The standard InChI is InChI=1S/C36H38ClN3O5S/c1-45-34-23-13-12-22-32(34)40(46(43,44)30-19-6-3-7-20-30)26-35(41)39(25-28-16-8-11-21-31(28)37)33(24-27-14-4-2-5-15-27)36(42)38-29-17-9-10-18-29/h2-8,11-16,19-23,29,33H,9-10,17-18,24-26H2,1H3,(H,38,42)/t33-/m1/s1. The van der Waals surface area contributed by atoms with Crippen LogP contribution in [0.2, 0.25) is 5.02 Å². The molecule has 5 rings (SSSR count). The van der Waals surface area contributed by atoms with Crippen molar-refractivity contribution >= 4 is 39.1 Å². The third-order valence-electron chi connectivity index (χ3n) is 8.24. The van der Waals surface area contributed by atoms with Crippen LogP contribution in [0.4, 0.5) is 5.69 Å². The van der Waals surface area contributed by atoms with Crippen molar-refractivity contribution in [3.63, 3.8) is 0 Å². The van der Waals surface area contributed by atoms with Crippen LogP contribution in [0.3, 0.4) is 0 Å². The third kappa shape index (κ3) is 7.89. The van der Waals surface area contributed by atoms with Crippen LogP contribution in [0.25, 0.3) is 0 Å². The summed E-state index contributed by atoms with van der Waals surface area (Å²) >= 11 is 6.59. The number of benzene rings is 4. The number of rotatable bonds is 13. The first-order valence-corrected chi connectivity index (χ1v) is 17.2. The van der Waals surface area contributed by atoms with Crippen molar-refractivity contribution in [1.82, 2.24) is 10.2 Å². The van der Waals surface area contributed by atoms with Gasteiger partial charge < -0.3 is 15.0 Å². The number of carbonyl (C=O) groups excluding carboxylic acids is 2. The van der Waals surface area contributed by atoms with Gasteiger partial charge in [-0.1, -0.05) is 103 Å². The fourth-order valence-corrected chi connectivity index (χ4v) is 7.44. The SMILES string of the molecule is COc1ccccc1N(CC(=O)N(Cc1ccccc1Cl)[C@H](Cc1ccccc1)C(=O)NC1CCCC1)S(=O)(=O)c1ccccc1. The maximum atomic E-state index is 14.6. The van der Waals surface area contributed by atoms with Gasteiger partial charge in [0, 0.05) is 24.0 Å². The Kier molecular flexibility index (Phi) is 11.0. The Morgan fingerprint density at radius 1 is 0.870 bits per heavy atom. The number of methoxy groups -OCH3 is 1. The van der Waals surface area contributed by atoms with Gasteiger partial charge in [0.05, 0.1) is 17.7 Å². The molecule has 10 heteroatoms. The summed E-state index contributed by atoms with van der Waals surface area (Å²) in [5, 5.41) is 3.62. The monoisotopic (exact) mass is 659 g/mol. The lowest BCUT2D eigenvalue weighted by molar-refractivity contribution is -0.140. The van der Waals surface area contributed by atoms with Crippen molar-refractivity contribution in [2.24, 2.45) is 0 Å². The average molecular weight is 660 g/mol. The predicted octanol–water partition coefficient (Wildman–Crippen LogP) is 6.24. The van der Waals surface area contributed by atoms with Gasteiger partial charge in [0.25, 0.3) is 10.0 Å². The largest absolute Gasteiger partial charge is 0.495 e. The van der Waals surface area contributed by atoms with Crippen LogP contribution in [-0.2, 0) is 32.6 Å². The van der Waals surface area contributed by atoms with Crippen LogP contribution in [0, 0.1) is 0 Å². The van der Waals surface area contributed by atoms with Crippen molar-refractivity contribution in [3.8, 4) is 5.75 Å². The van der Waals surface area contributed by atoms with Crippen LogP contribution in [0.5, 0.6) is 5.75 Å². The van der Waals surface area contributed by atoms with Crippen molar-refractivity contribution < 1.29 is 22.7 Å². The van der Waals surface area contributed by atoms with E-state index in [2.05, 4.69) is 5.32 Å². The van der Waals surface area contributed by atoms with Gasteiger partial charge in [-0.2, -0.15) is 0 Å². The van der Waals surface area contributed by atoms with Crippen LogP contribution in [-0.4, -0.2) is 50.9 Å². The second-order valence-corrected chi connectivity index (χ2v) is 13.6. The number of hydrogen-bond donors (Lipinski definition) is 1. The van der Waals surface area contributed by atoms with Gasteiger partial charge in [-0.05, 0) is 54.3 Å². The van der Waals surface area contributed by atoms with Crippen LogP contribution < -0.4 is 14.4 Å². The molecule has 0 spiro atoms. The van der Waals surface area contributed by atoms with E-state index in [-0.39, 0.29) is 41.2 Å². The van der Waals surface area contributed by atoms with E-state index in [0.717, 1.165) is 35.6 Å². The van der Waals surface area contributed by atoms with Gasteiger partial charge >= 0.3 is 0 Å². The molecule has 0 aliphatic heterocycles. The molecule has 46 heavy (non-hydrogen) atoms. The maximum absolute atomic E-state index is 14.6. The summed E-state index contributed by atoms with van der Waals surface area (Å²) in [6, 6.07) is 30.3. The summed E-state index contributed by atoms with van der Waals surface area (Å²) in [5.41, 5.74) is 1.71. The molecule has 0 radical (unpaired) electrons. The van der Waals surface area contributed by atoms with E-state index in [0.29, 0.717) is 10.6 Å². The molecular weight excluding hydrogens is 622 g/mol. The van der Waals surface area contributed by atoms with Crippen LogP contribution in [0.1, 0.15) is 36.8 Å². The Labute approximate surface area is 276 Å². The molecule has 1 aliphatic rings. The summed E-state index contributed by atoms with van der Waals surface area (Å²) in [5.74, 6) is -0.564. The number of carbonyl (C=O) groups is 2. The Balaban J connectivity index is 1.59. The molecule has 240 valence electrons. The maximum Gasteiger partial charge on any atom is 0.264 e. The van der Waals surface area contributed by atoms with Gasteiger partial charge in [-0.15, -0.1) is 0 Å². The van der Waals surface area contributed by atoms with Crippen molar-refractivity contribution in [1.29, 1.82) is 0 Å². The number of ether oxygens (including phenoxy) is 1. The Morgan fingerprint density at radius 3 is 2.15 bits per heavy atom. The molecule has 0 bridgehead atoms. The second kappa shape index (κ2) is 15.3. The summed E-state index contributed by atoms with van der Waals surface area (Å²) in [4.78, 5) is 30.2. The lowest BCUT2D eigenvalue weighted by atomic mass is 10.0. The zero-order valence-electron chi connectivity index (χ0n) is 25.7. The van der Waals surface area contributed by atoms with E-state index in [1.807, 2.05) is 36.4 Å². The van der Waals surface area contributed by atoms with Gasteiger partial charge in [0.2, 0.25) is 11.8 Å². The minimum atomic E-state index is -4.24. The van der Waals surface area contributed by atoms with Crippen molar-refractivity contribution in [2.75, 3.05) is 18.0 Å². The Bertz CT molecular complexity index is 1730. The molecule has 2 amide bonds. The highest BCUT2D eigenvalue weighted by molar-refractivity contribution is 7.92. The minimum Gasteiger partial charge on any atom is -0.495 e. The second-order valence-electron chi connectivity index (χ2n) is 11.3. The number of nitrogens with zero attached hydrogens (tertiary/aromatic N) is 2. The molecular formula is C36H38ClN3O5S. The van der Waals surface area contributed by atoms with E-state index >= 15 is 0 Å². The lowest BCUT2D eigenvalue weighted by Gasteiger charge is -2.34. The predicted molar refractivity (Wildman–Crippen MR) is 180 cm³/mol. The molecule has 0 heterocycles. The zero-order valence-corrected chi connectivity index (χ0v) is 27.3.